The molecule has 0 amide bonds. The van der Waals surface area contributed by atoms with E-state index in [1.54, 1.807) is 0 Å². The molecule has 0 unspecified atom stereocenters. The van der Waals surface area contributed by atoms with E-state index in [1.807, 2.05) is 0 Å². The van der Waals surface area contributed by atoms with Crippen molar-refractivity contribution in [2.45, 2.75) is 26.7 Å². The molecule has 1 aliphatic heterocycles. The number of carbonyl (C=O) groups is 2. The third-order valence-electron chi connectivity index (χ3n) is 2.03. The topological polar surface area (TPSA) is 60.9 Å². The van der Waals surface area contributed by atoms with Crippen LogP contribution in [0.5, 0.6) is 0 Å². The molecular formula is C11H20N2O3. The molecule has 1 N–H and O–H groups in total. The number of Topliss-reactive ketones (excluding diaryl/α,β-unsaturated/α-hetero) is 1. The van der Waals surface area contributed by atoms with Gasteiger partial charge in [-0.05, 0) is 13.8 Å². The zero-order chi connectivity index (χ0) is 12.6. The van der Waals surface area contributed by atoms with Gasteiger partial charge in [0.1, 0.15) is 5.78 Å². The van der Waals surface area contributed by atoms with Crippen LogP contribution in [0.25, 0.3) is 0 Å². The van der Waals surface area contributed by atoms with Gasteiger partial charge in [-0.2, -0.15) is 0 Å². The van der Waals surface area contributed by atoms with Gasteiger partial charge >= 0.3 is 5.97 Å². The summed E-state index contributed by atoms with van der Waals surface area (Å²) < 4.78 is 0. The molecule has 0 radical (unpaired) electrons. The molecule has 0 saturated heterocycles. The number of carboxylic acid groups (broad SMARTS) is 1. The number of rotatable bonds is 4. The van der Waals surface area contributed by atoms with Crippen LogP contribution in [0.15, 0.2) is 12.4 Å². The van der Waals surface area contributed by atoms with E-state index < -0.39 is 5.97 Å². The number of ketones is 1. The van der Waals surface area contributed by atoms with Gasteiger partial charge in [-0.25, -0.2) is 0 Å². The minimum atomic E-state index is -0.916. The predicted molar refractivity (Wildman–Crippen MR) is 61.7 cm³/mol. The van der Waals surface area contributed by atoms with Crippen LogP contribution in [0.1, 0.15) is 26.7 Å². The normalized spacial score (nSPS) is 13.4. The van der Waals surface area contributed by atoms with Crippen LogP contribution in [-0.4, -0.2) is 46.9 Å². The summed E-state index contributed by atoms with van der Waals surface area (Å²) in [6, 6.07) is 0. The van der Waals surface area contributed by atoms with Crippen molar-refractivity contribution >= 4 is 11.8 Å². The summed E-state index contributed by atoms with van der Waals surface area (Å²) in [5, 5.41) is 8.01. The minimum absolute atomic E-state index is 0.0463. The molecule has 16 heavy (non-hydrogen) atoms. The van der Waals surface area contributed by atoms with Crippen LogP contribution in [-0.2, 0) is 9.59 Å². The summed E-state index contributed by atoms with van der Waals surface area (Å²) in [6.45, 7) is 5.70. The second kappa shape index (κ2) is 7.73. The number of hydrogen-bond donors (Lipinski definition) is 1. The number of nitrogens with zero attached hydrogens (tertiary/aromatic N) is 2. The van der Waals surface area contributed by atoms with Gasteiger partial charge in [-0.1, -0.05) is 0 Å². The third kappa shape index (κ3) is 7.84. The van der Waals surface area contributed by atoms with Crippen molar-refractivity contribution in [3.8, 4) is 0 Å². The van der Waals surface area contributed by atoms with Gasteiger partial charge in [-0.3, -0.25) is 4.79 Å². The Balaban J connectivity index is 0.000000281. The maximum absolute atomic E-state index is 10.1. The Morgan fingerprint density at radius 3 is 2.12 bits per heavy atom. The lowest BCUT2D eigenvalue weighted by Crippen LogP contribution is -2.21. The fourth-order valence-corrected chi connectivity index (χ4v) is 1.08. The first-order chi connectivity index (χ1) is 7.45. The van der Waals surface area contributed by atoms with E-state index in [2.05, 4.69) is 36.2 Å². The first-order valence-electron chi connectivity index (χ1n) is 5.29. The number of carboxylic acids is 1. The largest absolute Gasteiger partial charge is 0.481 e. The standard InChI is InChI=1S/C6H12N2.C5H8O3/c1-3-8-5-4-7(2)6-8;1-4(6)2-3-5(7)8/h4-5H,3,6H2,1-2H3;2-3H2,1H3,(H,7,8). The van der Waals surface area contributed by atoms with Crippen molar-refractivity contribution in [3.63, 3.8) is 0 Å². The van der Waals surface area contributed by atoms with E-state index in [4.69, 9.17) is 5.11 Å². The van der Waals surface area contributed by atoms with Gasteiger partial charge in [0.05, 0.1) is 13.1 Å². The molecule has 92 valence electrons. The molecule has 0 bridgehead atoms. The Morgan fingerprint density at radius 1 is 1.31 bits per heavy atom. The van der Waals surface area contributed by atoms with Gasteiger partial charge in [0, 0.05) is 32.4 Å². The highest BCUT2D eigenvalue weighted by molar-refractivity contribution is 5.80. The molecule has 5 nitrogen and oxygen atoms in total. The summed E-state index contributed by atoms with van der Waals surface area (Å²) in [7, 11) is 2.08. The van der Waals surface area contributed by atoms with Crippen molar-refractivity contribution in [2.75, 3.05) is 20.3 Å². The van der Waals surface area contributed by atoms with E-state index in [0.717, 1.165) is 13.2 Å². The van der Waals surface area contributed by atoms with Gasteiger partial charge in [0.2, 0.25) is 0 Å². The third-order valence-corrected chi connectivity index (χ3v) is 2.03. The Bertz CT molecular complexity index is 250. The van der Waals surface area contributed by atoms with Crippen LogP contribution >= 0.6 is 0 Å². The zero-order valence-electron chi connectivity index (χ0n) is 10.1. The van der Waals surface area contributed by atoms with Crippen molar-refractivity contribution < 1.29 is 14.7 Å². The lowest BCUT2D eigenvalue weighted by Gasteiger charge is -2.14. The quantitative estimate of drug-likeness (QED) is 0.781. The van der Waals surface area contributed by atoms with Crippen LogP contribution in [0.4, 0.5) is 0 Å². The molecule has 1 aliphatic rings. The molecule has 0 aromatic carbocycles. The highest BCUT2D eigenvalue weighted by Gasteiger charge is 2.03. The highest BCUT2D eigenvalue weighted by Crippen LogP contribution is 2.00. The maximum atomic E-state index is 10.1. The van der Waals surface area contributed by atoms with E-state index in [-0.39, 0.29) is 18.6 Å². The minimum Gasteiger partial charge on any atom is -0.481 e. The monoisotopic (exact) mass is 228 g/mol. The molecule has 0 fully saturated rings. The Morgan fingerprint density at radius 2 is 1.94 bits per heavy atom. The first kappa shape index (κ1) is 14.5. The summed E-state index contributed by atoms with van der Waals surface area (Å²) in [4.78, 5) is 24.2. The van der Waals surface area contributed by atoms with Crippen molar-refractivity contribution in [3.05, 3.63) is 12.4 Å². The number of carbonyl (C=O) groups excluding carboxylic acids is 1. The van der Waals surface area contributed by atoms with Crippen LogP contribution in [0, 0.1) is 0 Å². The summed E-state index contributed by atoms with van der Waals surface area (Å²) in [6.07, 6.45) is 4.30. The van der Waals surface area contributed by atoms with Crippen molar-refractivity contribution in [1.29, 1.82) is 0 Å². The van der Waals surface area contributed by atoms with E-state index in [0.29, 0.717) is 0 Å². The van der Waals surface area contributed by atoms with E-state index >= 15 is 0 Å². The van der Waals surface area contributed by atoms with Crippen molar-refractivity contribution in [2.24, 2.45) is 0 Å². The highest BCUT2D eigenvalue weighted by atomic mass is 16.4. The number of aliphatic carboxylic acids is 1. The van der Waals surface area contributed by atoms with Gasteiger partial charge < -0.3 is 19.7 Å². The molecule has 0 saturated carbocycles. The average molecular weight is 228 g/mol. The Hall–Kier alpha value is -1.52. The molecule has 0 atom stereocenters. The lowest BCUT2D eigenvalue weighted by atomic mass is 10.2. The van der Waals surface area contributed by atoms with Crippen LogP contribution < -0.4 is 0 Å². The fraction of sp³-hybridized carbons (Fsp3) is 0.636. The van der Waals surface area contributed by atoms with Gasteiger partial charge in [0.25, 0.3) is 0 Å². The molecule has 5 heteroatoms. The zero-order valence-corrected chi connectivity index (χ0v) is 10.1. The molecule has 0 spiro atoms. The molecular weight excluding hydrogens is 208 g/mol. The smallest absolute Gasteiger partial charge is 0.303 e. The average Bonchev–Trinajstić information content (AvgIpc) is 2.62. The summed E-state index contributed by atoms with van der Waals surface area (Å²) >= 11 is 0. The Kier molecular flexibility index (Phi) is 7.00. The molecule has 0 aromatic rings. The summed E-state index contributed by atoms with van der Waals surface area (Å²) in [5.74, 6) is -0.993. The maximum Gasteiger partial charge on any atom is 0.303 e. The molecule has 0 aliphatic carbocycles. The van der Waals surface area contributed by atoms with Gasteiger partial charge in [-0.15, -0.1) is 0 Å². The molecule has 0 aromatic heterocycles. The lowest BCUT2D eigenvalue weighted by molar-refractivity contribution is -0.138. The molecule has 1 heterocycles. The van der Waals surface area contributed by atoms with Crippen molar-refractivity contribution in [1.82, 2.24) is 9.80 Å². The number of hydrogen-bond acceptors (Lipinski definition) is 4. The van der Waals surface area contributed by atoms with E-state index in [9.17, 15) is 9.59 Å². The summed E-state index contributed by atoms with van der Waals surface area (Å²) in [5.41, 5.74) is 0. The van der Waals surface area contributed by atoms with Crippen LogP contribution in [0.2, 0.25) is 0 Å². The molecule has 1 rings (SSSR count). The predicted octanol–water partition coefficient (Wildman–Crippen LogP) is 1.12. The second-order valence-corrected chi connectivity index (χ2v) is 3.70. The SMILES string of the molecule is CC(=O)CCC(=O)O.CCN1C=CN(C)C1. The van der Waals surface area contributed by atoms with Gasteiger partial charge in [0.15, 0.2) is 0 Å². The Labute approximate surface area is 96.3 Å². The fourth-order valence-electron chi connectivity index (χ4n) is 1.08. The second-order valence-electron chi connectivity index (χ2n) is 3.70. The van der Waals surface area contributed by atoms with Crippen LogP contribution in [0.3, 0.4) is 0 Å². The van der Waals surface area contributed by atoms with E-state index in [1.165, 1.54) is 6.92 Å². The first-order valence-corrected chi connectivity index (χ1v) is 5.29.